The van der Waals surface area contributed by atoms with Crippen molar-refractivity contribution in [2.24, 2.45) is 0 Å². The lowest BCUT2D eigenvalue weighted by atomic mass is 9.77. The third kappa shape index (κ3) is 4.51. The van der Waals surface area contributed by atoms with Gasteiger partial charge in [-0.1, -0.05) is 97.1 Å². The number of aromatic nitrogens is 2. The summed E-state index contributed by atoms with van der Waals surface area (Å²) >= 11 is 3.42. The van der Waals surface area contributed by atoms with Gasteiger partial charge in [-0.15, -0.1) is 0 Å². The zero-order valence-electron chi connectivity index (χ0n) is 18.9. The molecule has 0 bridgehead atoms. The summed E-state index contributed by atoms with van der Waals surface area (Å²) in [5.74, 6) is 0.607. The molecule has 2 N–H and O–H groups in total. The van der Waals surface area contributed by atoms with Gasteiger partial charge in [-0.25, -0.2) is 9.97 Å². The molecule has 3 aromatic carbocycles. The van der Waals surface area contributed by atoms with E-state index in [0.717, 1.165) is 16.7 Å². The Hall–Kier alpha value is -4.09. The number of pyridine rings is 2. The first kappa shape index (κ1) is 22.7. The number of anilines is 1. The van der Waals surface area contributed by atoms with Crippen molar-refractivity contribution >= 4 is 27.5 Å². The summed E-state index contributed by atoms with van der Waals surface area (Å²) < 4.78 is 0.686. The molecule has 0 radical (unpaired) electrons. The van der Waals surface area contributed by atoms with Crippen LogP contribution in [0.1, 0.15) is 27.9 Å². The van der Waals surface area contributed by atoms with E-state index < -0.39 is 5.54 Å². The molecule has 170 valence electrons. The van der Waals surface area contributed by atoms with Crippen molar-refractivity contribution in [2.45, 2.75) is 5.54 Å². The fourth-order valence-electron chi connectivity index (χ4n) is 4.35. The molecule has 0 fully saturated rings. The smallest absolute Gasteiger partial charge is 0.136 e. The first-order valence-electron chi connectivity index (χ1n) is 11.3. The number of rotatable bonds is 7. The maximum atomic E-state index is 8.97. The molecular formula is C30H23BrN4. The Morgan fingerprint density at radius 2 is 1.20 bits per heavy atom. The number of hydrogen-bond acceptors (Lipinski definition) is 4. The summed E-state index contributed by atoms with van der Waals surface area (Å²) in [6.07, 6.45) is 1.75. The fourth-order valence-corrected chi connectivity index (χ4v) is 4.69. The van der Waals surface area contributed by atoms with Gasteiger partial charge in [0.1, 0.15) is 16.0 Å². The van der Waals surface area contributed by atoms with Gasteiger partial charge in [-0.2, -0.15) is 0 Å². The van der Waals surface area contributed by atoms with Gasteiger partial charge in [0.15, 0.2) is 0 Å². The van der Waals surface area contributed by atoms with E-state index in [1.807, 2.05) is 84.9 Å². The molecule has 0 aliphatic carbocycles. The van der Waals surface area contributed by atoms with Crippen molar-refractivity contribution in [1.29, 1.82) is 5.41 Å². The Balaban J connectivity index is 1.73. The minimum atomic E-state index is -0.738. The third-order valence-corrected chi connectivity index (χ3v) is 6.42. The predicted molar refractivity (Wildman–Crippen MR) is 145 cm³/mol. The Morgan fingerprint density at radius 1 is 0.657 bits per heavy atom. The van der Waals surface area contributed by atoms with Gasteiger partial charge in [0.05, 0.1) is 11.4 Å². The molecule has 5 rings (SSSR count). The molecular weight excluding hydrogens is 496 g/mol. The van der Waals surface area contributed by atoms with Crippen LogP contribution >= 0.6 is 15.9 Å². The summed E-state index contributed by atoms with van der Waals surface area (Å²) in [6.45, 7) is 0. The normalized spacial score (nSPS) is 11.1. The molecule has 0 aliphatic rings. The Labute approximate surface area is 213 Å². The summed E-state index contributed by atoms with van der Waals surface area (Å²) in [6, 6.07) is 40.4. The minimum Gasteiger partial charge on any atom is -0.352 e. The highest BCUT2D eigenvalue weighted by Gasteiger charge is 2.37. The largest absolute Gasteiger partial charge is 0.352 e. The average Bonchev–Trinajstić information content (AvgIpc) is 2.93. The number of nitrogens with one attached hydrogen (secondary N) is 2. The predicted octanol–water partition coefficient (Wildman–Crippen LogP) is 7.06. The van der Waals surface area contributed by atoms with E-state index in [0.29, 0.717) is 27.4 Å². The fraction of sp³-hybridized carbons (Fsp3) is 0.0333. The van der Waals surface area contributed by atoms with Crippen LogP contribution in [0.4, 0.5) is 5.82 Å². The number of hydrogen-bond donors (Lipinski definition) is 2. The molecule has 0 aliphatic heterocycles. The topological polar surface area (TPSA) is 61.7 Å². The molecule has 0 spiro atoms. The van der Waals surface area contributed by atoms with E-state index in [2.05, 4.69) is 62.6 Å². The van der Waals surface area contributed by atoms with Gasteiger partial charge < -0.3 is 5.32 Å². The Bertz CT molecular complexity index is 1340. The zero-order chi connectivity index (χ0) is 24.1. The van der Waals surface area contributed by atoms with Crippen molar-refractivity contribution in [3.8, 4) is 0 Å². The van der Waals surface area contributed by atoms with E-state index in [1.165, 1.54) is 0 Å². The van der Waals surface area contributed by atoms with Crippen LogP contribution in [0.3, 0.4) is 0 Å². The van der Waals surface area contributed by atoms with Crippen LogP contribution in [0.2, 0.25) is 0 Å². The van der Waals surface area contributed by atoms with Crippen molar-refractivity contribution in [2.75, 3.05) is 5.32 Å². The molecule has 0 saturated carbocycles. The highest BCUT2D eigenvalue weighted by molar-refractivity contribution is 9.10. The van der Waals surface area contributed by atoms with E-state index in [-0.39, 0.29) is 0 Å². The Kier molecular flexibility index (Phi) is 6.51. The molecule has 4 nitrogen and oxygen atoms in total. The summed E-state index contributed by atoms with van der Waals surface area (Å²) in [5.41, 5.74) is 4.01. The number of halogens is 1. The molecule has 5 heteroatoms. The zero-order valence-corrected chi connectivity index (χ0v) is 20.5. The van der Waals surface area contributed by atoms with Crippen LogP contribution in [0.25, 0.3) is 0 Å². The second kappa shape index (κ2) is 10.0. The lowest BCUT2D eigenvalue weighted by molar-refractivity contribution is 0.706. The van der Waals surface area contributed by atoms with E-state index in [1.54, 1.807) is 6.20 Å². The van der Waals surface area contributed by atoms with Gasteiger partial charge in [-0.05, 0) is 56.9 Å². The van der Waals surface area contributed by atoms with E-state index >= 15 is 0 Å². The summed E-state index contributed by atoms with van der Waals surface area (Å²) in [4.78, 5) is 9.22. The highest BCUT2D eigenvalue weighted by Crippen LogP contribution is 2.40. The van der Waals surface area contributed by atoms with Gasteiger partial charge in [0, 0.05) is 11.8 Å². The average molecular weight is 519 g/mol. The third-order valence-electron chi connectivity index (χ3n) is 5.97. The van der Waals surface area contributed by atoms with Crippen LogP contribution < -0.4 is 5.32 Å². The van der Waals surface area contributed by atoms with Gasteiger partial charge in [0.2, 0.25) is 0 Å². The molecule has 0 saturated heterocycles. The standard InChI is InChI=1S/C30H23BrN4/c31-27-20-10-19-26(34-27)28(32)25-18-11-21-33-29(25)35-30(22-12-4-1-5-13-22,23-14-6-2-7-15-23)24-16-8-3-9-17-24/h1-21,32H,(H,33,35). The molecule has 5 aromatic rings. The van der Waals surface area contributed by atoms with Crippen LogP contribution in [-0.4, -0.2) is 15.7 Å². The lowest BCUT2D eigenvalue weighted by Gasteiger charge is -2.38. The minimum absolute atomic E-state index is 0.296. The van der Waals surface area contributed by atoms with Crippen molar-refractivity contribution in [3.05, 3.63) is 160 Å². The maximum Gasteiger partial charge on any atom is 0.136 e. The molecule has 35 heavy (non-hydrogen) atoms. The van der Waals surface area contributed by atoms with Crippen molar-refractivity contribution in [1.82, 2.24) is 9.97 Å². The summed E-state index contributed by atoms with van der Waals surface area (Å²) in [7, 11) is 0. The second-order valence-corrected chi connectivity index (χ2v) is 8.91. The van der Waals surface area contributed by atoms with E-state index in [4.69, 9.17) is 10.4 Å². The van der Waals surface area contributed by atoms with E-state index in [9.17, 15) is 0 Å². The molecule has 0 amide bonds. The first-order chi connectivity index (χ1) is 17.2. The van der Waals surface area contributed by atoms with Crippen molar-refractivity contribution in [3.63, 3.8) is 0 Å². The SMILES string of the molecule is N=C(c1cccc(Br)n1)c1cccnc1NC(c1ccccc1)(c1ccccc1)c1ccccc1. The molecule has 2 aromatic heterocycles. The quantitative estimate of drug-likeness (QED) is 0.138. The van der Waals surface area contributed by atoms with Crippen LogP contribution in [-0.2, 0) is 5.54 Å². The highest BCUT2D eigenvalue weighted by atomic mass is 79.9. The summed E-state index contributed by atoms with van der Waals surface area (Å²) in [5, 5.41) is 12.8. The van der Waals surface area contributed by atoms with Gasteiger partial charge in [-0.3, -0.25) is 5.41 Å². The van der Waals surface area contributed by atoms with Crippen LogP contribution in [0.5, 0.6) is 0 Å². The second-order valence-electron chi connectivity index (χ2n) is 8.09. The lowest BCUT2D eigenvalue weighted by Crippen LogP contribution is -2.39. The number of benzene rings is 3. The Morgan fingerprint density at radius 3 is 1.71 bits per heavy atom. The molecule has 0 atom stereocenters. The first-order valence-corrected chi connectivity index (χ1v) is 12.1. The van der Waals surface area contributed by atoms with Gasteiger partial charge >= 0.3 is 0 Å². The number of nitrogens with zero attached hydrogens (tertiary/aromatic N) is 2. The monoisotopic (exact) mass is 518 g/mol. The van der Waals surface area contributed by atoms with Crippen LogP contribution in [0, 0.1) is 5.41 Å². The molecule has 0 unspecified atom stereocenters. The molecule has 2 heterocycles. The van der Waals surface area contributed by atoms with Crippen molar-refractivity contribution < 1.29 is 0 Å². The van der Waals surface area contributed by atoms with Gasteiger partial charge in [0.25, 0.3) is 0 Å². The maximum absolute atomic E-state index is 8.97. The van der Waals surface area contributed by atoms with Crippen LogP contribution in [0.15, 0.2) is 132 Å².